The fourth-order valence-corrected chi connectivity index (χ4v) is 3.80. The molecule has 1 fully saturated rings. The van der Waals surface area contributed by atoms with Crippen molar-refractivity contribution in [3.8, 4) is 0 Å². The molecule has 3 aliphatic rings. The molecule has 0 aromatic rings. The van der Waals surface area contributed by atoms with Crippen LogP contribution in [0.1, 0.15) is 34.6 Å². The van der Waals surface area contributed by atoms with Crippen LogP contribution in [0.4, 0.5) is 0 Å². The summed E-state index contributed by atoms with van der Waals surface area (Å²) in [7, 11) is 0. The predicted octanol–water partition coefficient (Wildman–Crippen LogP) is 3.59. The highest BCUT2D eigenvalue weighted by atomic mass is 16.6. The van der Waals surface area contributed by atoms with Gasteiger partial charge < -0.3 is 9.47 Å². The zero-order chi connectivity index (χ0) is 19.9. The quantitative estimate of drug-likeness (QED) is 0.431. The normalized spacial score (nSPS) is 30.3. The smallest absolute Gasteiger partial charge is 0.318 e. The molecule has 0 amide bonds. The molecule has 3 unspecified atom stereocenters. The average molecular weight is 368 g/mol. The van der Waals surface area contributed by atoms with Crippen LogP contribution in [-0.4, -0.2) is 23.1 Å². The molecule has 2 aliphatic heterocycles. The molecule has 0 N–H and O–H groups in total. The molecule has 3 atom stereocenters. The molecule has 5 heteroatoms. The zero-order valence-electron chi connectivity index (χ0n) is 16.2. The minimum Gasteiger partial charge on any atom is -0.464 e. The molecule has 1 saturated heterocycles. The monoisotopic (exact) mass is 368 g/mol. The van der Waals surface area contributed by atoms with Gasteiger partial charge in [-0.2, -0.15) is 0 Å². The molecule has 1 aliphatic carbocycles. The van der Waals surface area contributed by atoms with Crippen molar-refractivity contribution in [3.63, 3.8) is 0 Å². The fraction of sp³-hybridized carbons (Fsp3) is 0.409. The van der Waals surface area contributed by atoms with Crippen LogP contribution in [0.5, 0.6) is 0 Å². The average Bonchev–Trinajstić information content (AvgIpc) is 2.83. The Balaban J connectivity index is 1.95. The first-order valence-electron chi connectivity index (χ1n) is 9.09. The van der Waals surface area contributed by atoms with Crippen LogP contribution >= 0.6 is 0 Å². The summed E-state index contributed by atoms with van der Waals surface area (Å²) in [4.78, 5) is 37.0. The number of hydrogen-bond donors (Lipinski definition) is 0. The second-order valence-corrected chi connectivity index (χ2v) is 7.78. The summed E-state index contributed by atoms with van der Waals surface area (Å²) < 4.78 is 10.9. The van der Waals surface area contributed by atoms with Crippen LogP contribution in [-0.2, 0) is 23.9 Å². The maximum Gasteiger partial charge on any atom is 0.318 e. The van der Waals surface area contributed by atoms with Crippen LogP contribution in [0.15, 0.2) is 59.1 Å². The number of carbonyl (C=O) groups excluding carboxylic acids is 3. The number of esters is 1. The van der Waals surface area contributed by atoms with E-state index in [4.69, 9.17) is 9.47 Å². The van der Waals surface area contributed by atoms with Gasteiger partial charge in [0.1, 0.15) is 23.7 Å². The zero-order valence-corrected chi connectivity index (χ0v) is 16.2. The number of carbonyl (C=O) groups is 3. The van der Waals surface area contributed by atoms with Gasteiger partial charge in [-0.25, -0.2) is 0 Å². The van der Waals surface area contributed by atoms with Gasteiger partial charge in [0.25, 0.3) is 0 Å². The van der Waals surface area contributed by atoms with Crippen LogP contribution < -0.4 is 0 Å². The minimum atomic E-state index is -1.36. The predicted molar refractivity (Wildman–Crippen MR) is 100 cm³/mol. The molecular weight excluding hydrogens is 344 g/mol. The van der Waals surface area contributed by atoms with Crippen LogP contribution in [0.3, 0.4) is 0 Å². The molecule has 0 radical (unpaired) electrons. The summed E-state index contributed by atoms with van der Waals surface area (Å²) in [5.74, 6) is -1.79. The topological polar surface area (TPSA) is 69.7 Å². The molecule has 0 spiro atoms. The van der Waals surface area contributed by atoms with E-state index < -0.39 is 23.4 Å². The van der Waals surface area contributed by atoms with Crippen LogP contribution in [0.25, 0.3) is 0 Å². The summed E-state index contributed by atoms with van der Waals surface area (Å²) >= 11 is 0. The molecule has 0 aromatic heterocycles. The van der Waals surface area contributed by atoms with E-state index in [0.29, 0.717) is 22.8 Å². The summed E-state index contributed by atoms with van der Waals surface area (Å²) in [6.45, 7) is 9.14. The highest BCUT2D eigenvalue weighted by molar-refractivity contribution is 6.12. The van der Waals surface area contributed by atoms with Crippen LogP contribution in [0, 0.1) is 17.8 Å². The standard InChI is InChI=1S/C22H24O5/c1-12(2)8-13(3)6-7-16-9-15-10-18-19(14(4)23)21(25)27-22(18,5)20(24)17(15)11-26-16/h6-12,18-19H,1-5H3. The number of ketones is 2. The van der Waals surface area contributed by atoms with Crippen LogP contribution in [0.2, 0.25) is 0 Å². The molecule has 0 saturated carbocycles. The lowest BCUT2D eigenvalue weighted by molar-refractivity contribution is -0.156. The van der Waals surface area contributed by atoms with Crippen molar-refractivity contribution < 1.29 is 23.9 Å². The second-order valence-electron chi connectivity index (χ2n) is 7.78. The Morgan fingerprint density at radius 1 is 1.26 bits per heavy atom. The van der Waals surface area contributed by atoms with Crippen molar-refractivity contribution >= 4 is 17.5 Å². The fourth-order valence-electron chi connectivity index (χ4n) is 3.80. The lowest BCUT2D eigenvalue weighted by Gasteiger charge is -2.33. The first-order chi connectivity index (χ1) is 12.6. The van der Waals surface area contributed by atoms with Gasteiger partial charge in [0.15, 0.2) is 5.60 Å². The summed E-state index contributed by atoms with van der Waals surface area (Å²) in [5.41, 5.74) is 0.766. The molecular formula is C22H24O5. The van der Waals surface area contributed by atoms with Crippen molar-refractivity contribution in [1.82, 2.24) is 0 Å². The van der Waals surface area contributed by atoms with Gasteiger partial charge in [-0.1, -0.05) is 37.6 Å². The number of Topliss-reactive ketones (excluding diaryl/α,β-unsaturated/α-hetero) is 2. The molecule has 27 heavy (non-hydrogen) atoms. The van der Waals surface area contributed by atoms with E-state index in [2.05, 4.69) is 19.9 Å². The summed E-state index contributed by atoms with van der Waals surface area (Å²) in [6.07, 6.45) is 10.9. The Labute approximate surface area is 159 Å². The van der Waals surface area contributed by atoms with E-state index in [-0.39, 0.29) is 11.6 Å². The number of hydrogen-bond acceptors (Lipinski definition) is 5. The molecule has 5 nitrogen and oxygen atoms in total. The number of ether oxygens (including phenoxy) is 2. The number of rotatable bonds is 4. The van der Waals surface area contributed by atoms with Crippen molar-refractivity contribution in [2.45, 2.75) is 40.2 Å². The molecule has 2 heterocycles. The highest BCUT2D eigenvalue weighted by Gasteiger charge is 2.60. The van der Waals surface area contributed by atoms with Crippen molar-refractivity contribution in [2.24, 2.45) is 17.8 Å². The number of fused-ring (bicyclic) bond motifs is 2. The Kier molecular flexibility index (Phi) is 4.81. The van der Waals surface area contributed by atoms with E-state index in [1.54, 1.807) is 19.1 Å². The lowest BCUT2D eigenvalue weighted by atomic mass is 9.70. The van der Waals surface area contributed by atoms with E-state index in [1.165, 1.54) is 13.2 Å². The summed E-state index contributed by atoms with van der Waals surface area (Å²) in [5, 5.41) is 0. The second kappa shape index (κ2) is 6.80. The van der Waals surface area contributed by atoms with Crippen molar-refractivity contribution in [3.05, 3.63) is 59.1 Å². The van der Waals surface area contributed by atoms with E-state index in [1.807, 2.05) is 19.1 Å². The van der Waals surface area contributed by atoms with E-state index in [0.717, 1.165) is 5.57 Å². The van der Waals surface area contributed by atoms with Gasteiger partial charge in [-0.05, 0) is 44.4 Å². The first kappa shape index (κ1) is 19.1. The highest BCUT2D eigenvalue weighted by Crippen LogP contribution is 2.46. The maximum absolute atomic E-state index is 12.9. The SMILES string of the molecule is CC(=O)C1C(=O)OC2(C)C(=O)C3=COC(C=CC(C)=CC(C)C)=CC3=CC12. The molecule has 0 aromatic carbocycles. The maximum atomic E-state index is 12.9. The van der Waals surface area contributed by atoms with Gasteiger partial charge in [-0.15, -0.1) is 0 Å². The molecule has 0 bridgehead atoms. The van der Waals surface area contributed by atoms with E-state index in [9.17, 15) is 14.4 Å². The third kappa shape index (κ3) is 3.34. The van der Waals surface area contributed by atoms with Crippen molar-refractivity contribution in [1.29, 1.82) is 0 Å². The van der Waals surface area contributed by atoms with Gasteiger partial charge in [0.2, 0.25) is 5.78 Å². The number of allylic oxidation sites excluding steroid dienone is 6. The Morgan fingerprint density at radius 2 is 1.96 bits per heavy atom. The van der Waals surface area contributed by atoms with E-state index >= 15 is 0 Å². The third-order valence-corrected chi connectivity index (χ3v) is 5.08. The minimum absolute atomic E-state index is 0.295. The van der Waals surface area contributed by atoms with Gasteiger partial charge in [0.05, 0.1) is 5.57 Å². The van der Waals surface area contributed by atoms with Crippen molar-refractivity contribution in [2.75, 3.05) is 0 Å². The molecule has 3 rings (SSSR count). The van der Waals surface area contributed by atoms with Gasteiger partial charge in [0, 0.05) is 5.92 Å². The lowest BCUT2D eigenvalue weighted by Crippen LogP contribution is -2.46. The Morgan fingerprint density at radius 3 is 2.59 bits per heavy atom. The Hall–Kier alpha value is -2.69. The third-order valence-electron chi connectivity index (χ3n) is 5.08. The Bertz CT molecular complexity index is 865. The van der Waals surface area contributed by atoms with Gasteiger partial charge >= 0.3 is 5.97 Å². The van der Waals surface area contributed by atoms with Gasteiger partial charge in [-0.3, -0.25) is 14.4 Å². The molecule has 142 valence electrons. The summed E-state index contributed by atoms with van der Waals surface area (Å²) in [6, 6.07) is 0. The largest absolute Gasteiger partial charge is 0.464 e. The first-order valence-corrected chi connectivity index (χ1v) is 9.09.